The number of hydrogen-bond donors (Lipinski definition) is 1. The van der Waals surface area contributed by atoms with Crippen LogP contribution in [-0.2, 0) is 0 Å². The maximum Gasteiger partial charge on any atom is 0.177 e. The van der Waals surface area contributed by atoms with Gasteiger partial charge in [0, 0.05) is 5.56 Å². The van der Waals surface area contributed by atoms with Gasteiger partial charge in [0.2, 0.25) is 0 Å². The Morgan fingerprint density at radius 1 is 1.05 bits per heavy atom. The van der Waals surface area contributed by atoms with Gasteiger partial charge in [0.1, 0.15) is 11.6 Å². The smallest absolute Gasteiger partial charge is 0.177 e. The quantitative estimate of drug-likeness (QED) is 0.769. The first-order valence-corrected chi connectivity index (χ1v) is 6.34. The van der Waals surface area contributed by atoms with Crippen molar-refractivity contribution in [2.45, 2.75) is 6.92 Å². The fraction of sp³-hybridized carbons (Fsp3) is 0.0625. The average Bonchev–Trinajstić information content (AvgIpc) is 2.84. The molecule has 0 unspecified atom stereocenters. The summed E-state index contributed by atoms with van der Waals surface area (Å²) in [4.78, 5) is 0. The minimum Gasteiger partial charge on any atom is -0.380 e. The lowest BCUT2D eigenvalue weighted by atomic mass is 10.0. The Bertz CT molecular complexity index is 812. The minimum atomic E-state index is -0.394. The highest BCUT2D eigenvalue weighted by atomic mass is 19.1. The summed E-state index contributed by atoms with van der Waals surface area (Å²) in [5.74, 6) is -0.296. The van der Waals surface area contributed by atoms with Crippen LogP contribution in [0.2, 0.25) is 0 Å². The molecule has 0 saturated heterocycles. The predicted octanol–water partition coefficient (Wildman–Crippen LogP) is 4.18. The second-order valence-corrected chi connectivity index (χ2v) is 4.75. The van der Waals surface area contributed by atoms with Crippen LogP contribution in [0, 0.1) is 18.6 Å². The molecule has 0 radical (unpaired) electrons. The number of benzene rings is 2. The van der Waals surface area contributed by atoms with Crippen LogP contribution in [0.25, 0.3) is 22.5 Å². The molecule has 0 aliphatic carbocycles. The third kappa shape index (κ3) is 2.38. The summed E-state index contributed by atoms with van der Waals surface area (Å²) in [6.07, 6.45) is 0. The summed E-state index contributed by atoms with van der Waals surface area (Å²) < 4.78 is 32.3. The monoisotopic (exact) mass is 286 g/mol. The third-order valence-corrected chi connectivity index (χ3v) is 3.27. The molecule has 3 nitrogen and oxygen atoms in total. The lowest BCUT2D eigenvalue weighted by Gasteiger charge is -2.04. The van der Waals surface area contributed by atoms with Crippen LogP contribution in [0.3, 0.4) is 0 Å². The zero-order valence-corrected chi connectivity index (χ0v) is 11.2. The highest BCUT2D eigenvalue weighted by molar-refractivity contribution is 5.86. The summed E-state index contributed by atoms with van der Waals surface area (Å²) in [5.41, 5.74) is 7.82. The van der Waals surface area contributed by atoms with E-state index < -0.39 is 5.82 Å². The molecule has 0 saturated carbocycles. The van der Waals surface area contributed by atoms with E-state index >= 15 is 0 Å². The molecule has 1 aromatic heterocycles. The molecular formula is C16H12F2N2O. The lowest BCUT2D eigenvalue weighted by molar-refractivity contribution is 0.435. The normalized spacial score (nSPS) is 10.8. The Hall–Kier alpha value is -2.69. The third-order valence-electron chi connectivity index (χ3n) is 3.27. The zero-order chi connectivity index (χ0) is 15.0. The molecule has 3 aromatic rings. The van der Waals surface area contributed by atoms with Gasteiger partial charge in [-0.05, 0) is 36.2 Å². The van der Waals surface area contributed by atoms with E-state index in [-0.39, 0.29) is 11.6 Å². The number of rotatable bonds is 2. The topological polar surface area (TPSA) is 52.0 Å². The van der Waals surface area contributed by atoms with Gasteiger partial charge in [-0.3, -0.25) is 0 Å². The van der Waals surface area contributed by atoms with Crippen molar-refractivity contribution in [3.05, 3.63) is 59.7 Å². The van der Waals surface area contributed by atoms with Crippen LogP contribution >= 0.6 is 0 Å². The largest absolute Gasteiger partial charge is 0.380 e. The van der Waals surface area contributed by atoms with Crippen molar-refractivity contribution >= 4 is 5.82 Å². The summed E-state index contributed by atoms with van der Waals surface area (Å²) in [7, 11) is 0. The molecule has 0 spiro atoms. The number of aromatic nitrogens is 1. The molecule has 5 heteroatoms. The van der Waals surface area contributed by atoms with E-state index in [0.29, 0.717) is 28.0 Å². The van der Waals surface area contributed by atoms with Gasteiger partial charge in [-0.15, -0.1) is 0 Å². The van der Waals surface area contributed by atoms with E-state index in [0.717, 1.165) is 0 Å². The summed E-state index contributed by atoms with van der Waals surface area (Å²) in [5, 5.41) is 3.71. The number of halogens is 2. The number of nitrogens with zero attached hydrogens (tertiary/aromatic N) is 1. The van der Waals surface area contributed by atoms with Crippen LogP contribution in [0.4, 0.5) is 14.6 Å². The Balaban J connectivity index is 2.19. The SMILES string of the molecule is Cc1ccc(-c2onc(N)c2-c2cccc(F)c2)cc1F. The Morgan fingerprint density at radius 3 is 2.57 bits per heavy atom. The van der Waals surface area contributed by atoms with Gasteiger partial charge < -0.3 is 10.3 Å². The highest BCUT2D eigenvalue weighted by Gasteiger charge is 2.18. The summed E-state index contributed by atoms with van der Waals surface area (Å²) >= 11 is 0. The van der Waals surface area contributed by atoms with Crippen LogP contribution < -0.4 is 5.73 Å². The standard InChI is InChI=1S/C16H12F2N2O/c1-9-5-6-11(8-13(9)18)15-14(16(19)20-21-15)10-3-2-4-12(17)7-10/h2-8H,1H3,(H2,19,20). The first-order valence-electron chi connectivity index (χ1n) is 6.34. The number of aryl methyl sites for hydroxylation is 1. The Kier molecular flexibility index (Phi) is 3.17. The van der Waals surface area contributed by atoms with E-state index in [9.17, 15) is 8.78 Å². The van der Waals surface area contributed by atoms with Crippen molar-refractivity contribution in [1.29, 1.82) is 0 Å². The van der Waals surface area contributed by atoms with Gasteiger partial charge in [0.25, 0.3) is 0 Å². The molecule has 106 valence electrons. The van der Waals surface area contributed by atoms with E-state index in [4.69, 9.17) is 10.3 Å². The maximum absolute atomic E-state index is 13.7. The molecule has 0 amide bonds. The fourth-order valence-electron chi connectivity index (χ4n) is 2.16. The number of hydrogen-bond acceptors (Lipinski definition) is 3. The molecule has 3 rings (SSSR count). The van der Waals surface area contributed by atoms with Gasteiger partial charge in [-0.2, -0.15) is 0 Å². The van der Waals surface area contributed by atoms with Gasteiger partial charge >= 0.3 is 0 Å². The Labute approximate surface area is 120 Å². The number of nitrogens with two attached hydrogens (primary N) is 1. The Morgan fingerprint density at radius 2 is 1.86 bits per heavy atom. The van der Waals surface area contributed by atoms with Crippen LogP contribution in [0.15, 0.2) is 47.0 Å². The number of nitrogen functional groups attached to an aromatic ring is 1. The molecule has 0 atom stereocenters. The van der Waals surface area contributed by atoms with Crippen molar-refractivity contribution in [3.63, 3.8) is 0 Å². The fourth-order valence-corrected chi connectivity index (χ4v) is 2.16. The number of anilines is 1. The second kappa shape index (κ2) is 5.01. The van der Waals surface area contributed by atoms with E-state index in [1.54, 1.807) is 31.2 Å². The molecule has 21 heavy (non-hydrogen) atoms. The first-order chi connectivity index (χ1) is 10.1. The predicted molar refractivity (Wildman–Crippen MR) is 76.4 cm³/mol. The van der Waals surface area contributed by atoms with E-state index in [1.807, 2.05) is 0 Å². The molecule has 1 heterocycles. The molecule has 2 aromatic carbocycles. The molecule has 0 bridgehead atoms. The average molecular weight is 286 g/mol. The minimum absolute atomic E-state index is 0.136. The lowest BCUT2D eigenvalue weighted by Crippen LogP contribution is -1.90. The van der Waals surface area contributed by atoms with Crippen molar-refractivity contribution in [2.24, 2.45) is 0 Å². The summed E-state index contributed by atoms with van der Waals surface area (Å²) in [6, 6.07) is 10.6. The molecular weight excluding hydrogens is 274 g/mol. The molecule has 0 aliphatic heterocycles. The van der Waals surface area contributed by atoms with Crippen molar-refractivity contribution in [3.8, 4) is 22.5 Å². The first kappa shape index (κ1) is 13.3. The van der Waals surface area contributed by atoms with Gasteiger partial charge in [0.15, 0.2) is 11.6 Å². The zero-order valence-electron chi connectivity index (χ0n) is 11.2. The van der Waals surface area contributed by atoms with Gasteiger partial charge in [-0.1, -0.05) is 29.4 Å². The van der Waals surface area contributed by atoms with E-state index in [2.05, 4.69) is 5.16 Å². The van der Waals surface area contributed by atoms with Gasteiger partial charge in [-0.25, -0.2) is 8.78 Å². The van der Waals surface area contributed by atoms with E-state index in [1.165, 1.54) is 18.2 Å². The van der Waals surface area contributed by atoms with Crippen molar-refractivity contribution in [1.82, 2.24) is 5.16 Å². The molecule has 0 fully saturated rings. The highest BCUT2D eigenvalue weighted by Crippen LogP contribution is 2.37. The molecule has 2 N–H and O–H groups in total. The van der Waals surface area contributed by atoms with Crippen LogP contribution in [-0.4, -0.2) is 5.16 Å². The van der Waals surface area contributed by atoms with Crippen molar-refractivity contribution < 1.29 is 13.3 Å². The van der Waals surface area contributed by atoms with Crippen LogP contribution in [0.5, 0.6) is 0 Å². The maximum atomic E-state index is 13.7. The van der Waals surface area contributed by atoms with Gasteiger partial charge in [0.05, 0.1) is 5.56 Å². The van der Waals surface area contributed by atoms with Crippen LogP contribution in [0.1, 0.15) is 5.56 Å². The molecule has 0 aliphatic rings. The van der Waals surface area contributed by atoms with Crippen molar-refractivity contribution in [2.75, 3.05) is 5.73 Å². The second-order valence-electron chi connectivity index (χ2n) is 4.75. The summed E-state index contributed by atoms with van der Waals surface area (Å²) in [6.45, 7) is 1.67.